The zero-order valence-corrected chi connectivity index (χ0v) is 19.2. The number of rotatable bonds is 6. The van der Waals surface area contributed by atoms with E-state index < -0.39 is 0 Å². The van der Waals surface area contributed by atoms with Gasteiger partial charge in [-0.15, -0.1) is 0 Å². The second kappa shape index (κ2) is 9.00. The Labute approximate surface area is 192 Å². The van der Waals surface area contributed by atoms with Gasteiger partial charge in [-0.1, -0.05) is 18.2 Å². The van der Waals surface area contributed by atoms with Crippen molar-refractivity contribution in [3.05, 3.63) is 64.1 Å². The van der Waals surface area contributed by atoms with E-state index in [4.69, 9.17) is 4.74 Å². The minimum Gasteiger partial charge on any atom is -0.496 e. The van der Waals surface area contributed by atoms with Crippen LogP contribution in [0.2, 0.25) is 0 Å². The molecule has 2 aromatic carbocycles. The molecule has 0 amide bonds. The van der Waals surface area contributed by atoms with Crippen LogP contribution in [0.3, 0.4) is 0 Å². The third kappa shape index (κ3) is 4.14. The summed E-state index contributed by atoms with van der Waals surface area (Å²) in [6.45, 7) is 5.34. The monoisotopic (exact) mass is 446 g/mol. The Hall–Kier alpha value is -3.16. The van der Waals surface area contributed by atoms with Crippen LogP contribution < -0.4 is 10.4 Å². The molecule has 3 heterocycles. The van der Waals surface area contributed by atoms with Crippen molar-refractivity contribution in [2.75, 3.05) is 26.8 Å². The molecule has 0 unspecified atom stereocenters. The van der Waals surface area contributed by atoms with Crippen molar-refractivity contribution < 1.29 is 9.84 Å². The van der Waals surface area contributed by atoms with Gasteiger partial charge in [0, 0.05) is 24.1 Å². The van der Waals surface area contributed by atoms with Crippen LogP contribution in [0.25, 0.3) is 27.7 Å². The number of likely N-dealkylation sites (tertiary alicyclic amines) is 1. The molecule has 4 aromatic rings. The van der Waals surface area contributed by atoms with Gasteiger partial charge in [-0.3, -0.25) is 4.90 Å². The number of aliphatic hydroxyl groups is 1. The summed E-state index contributed by atoms with van der Waals surface area (Å²) in [5.41, 5.74) is 5.49. The maximum Gasteiger partial charge on any atom is 0.348 e. The van der Waals surface area contributed by atoms with Crippen LogP contribution in [0.4, 0.5) is 0 Å². The van der Waals surface area contributed by atoms with E-state index in [0.717, 1.165) is 72.2 Å². The number of benzene rings is 2. The van der Waals surface area contributed by atoms with Gasteiger partial charge in [0.2, 0.25) is 0 Å². The zero-order valence-electron chi connectivity index (χ0n) is 19.2. The number of pyridine rings is 1. The molecule has 0 bridgehead atoms. The molecule has 2 N–H and O–H groups in total. The molecule has 5 rings (SSSR count). The Morgan fingerprint density at radius 2 is 2.00 bits per heavy atom. The van der Waals surface area contributed by atoms with Crippen LogP contribution in [0.15, 0.2) is 47.3 Å². The van der Waals surface area contributed by atoms with E-state index in [-0.39, 0.29) is 12.3 Å². The number of aromatic amines is 1. The molecule has 33 heavy (non-hydrogen) atoms. The molecule has 7 nitrogen and oxygen atoms in total. The Morgan fingerprint density at radius 3 is 2.76 bits per heavy atom. The minimum absolute atomic E-state index is 0.246. The average molecular weight is 447 g/mol. The number of aromatic nitrogens is 3. The van der Waals surface area contributed by atoms with Gasteiger partial charge in [0.25, 0.3) is 0 Å². The summed E-state index contributed by atoms with van der Waals surface area (Å²) >= 11 is 0. The van der Waals surface area contributed by atoms with Gasteiger partial charge in [-0.25, -0.2) is 14.3 Å². The van der Waals surface area contributed by atoms with Gasteiger partial charge in [0.1, 0.15) is 5.75 Å². The Balaban J connectivity index is 1.51. The first kappa shape index (κ1) is 21.7. The van der Waals surface area contributed by atoms with E-state index in [1.54, 1.807) is 11.5 Å². The molecule has 0 spiro atoms. The fourth-order valence-electron chi connectivity index (χ4n) is 5.09. The first-order valence-electron chi connectivity index (χ1n) is 11.6. The van der Waals surface area contributed by atoms with Crippen molar-refractivity contribution in [3.8, 4) is 16.9 Å². The maximum atomic E-state index is 12.4. The predicted octanol–water partition coefficient (Wildman–Crippen LogP) is 3.75. The van der Waals surface area contributed by atoms with Crippen molar-refractivity contribution in [2.45, 2.75) is 32.7 Å². The predicted molar refractivity (Wildman–Crippen MR) is 130 cm³/mol. The highest BCUT2D eigenvalue weighted by Gasteiger charge is 2.19. The van der Waals surface area contributed by atoms with Gasteiger partial charge >= 0.3 is 5.69 Å². The van der Waals surface area contributed by atoms with Crippen LogP contribution in [0.5, 0.6) is 5.75 Å². The molecular formula is C26H30N4O3. The zero-order chi connectivity index (χ0) is 22.9. The normalized spacial score (nSPS) is 15.5. The Bertz CT molecular complexity index is 1350. The molecule has 0 aliphatic carbocycles. The van der Waals surface area contributed by atoms with Crippen molar-refractivity contribution in [1.82, 2.24) is 19.5 Å². The Kier molecular flexibility index (Phi) is 5.91. The van der Waals surface area contributed by atoms with E-state index in [1.807, 2.05) is 25.1 Å². The molecule has 172 valence electrons. The topological polar surface area (TPSA) is 82.9 Å². The van der Waals surface area contributed by atoms with E-state index >= 15 is 0 Å². The minimum atomic E-state index is -0.246. The van der Waals surface area contributed by atoms with Gasteiger partial charge < -0.3 is 9.84 Å². The van der Waals surface area contributed by atoms with Gasteiger partial charge in [0.05, 0.1) is 12.6 Å². The molecule has 1 fully saturated rings. The highest BCUT2D eigenvalue weighted by Crippen LogP contribution is 2.36. The SMILES string of the molecule is COc1cc2c(C)cc3n[nH]c(=O)n3c2cc1-c1cccc(CN2CCC(CCO)CC2)c1. The molecule has 2 aromatic heterocycles. The summed E-state index contributed by atoms with van der Waals surface area (Å²) in [6, 6.07) is 14.5. The largest absolute Gasteiger partial charge is 0.496 e. The highest BCUT2D eigenvalue weighted by atomic mass is 16.5. The number of aliphatic hydroxyl groups excluding tert-OH is 1. The quantitative estimate of drug-likeness (QED) is 0.471. The van der Waals surface area contributed by atoms with Crippen LogP contribution >= 0.6 is 0 Å². The number of fused-ring (bicyclic) bond motifs is 3. The standard InChI is InChI=1S/C26H30N4O3/c1-17-12-25-27-28-26(32)30(25)23-14-22(24(33-2)15-21(17)23)20-5-3-4-19(13-20)16-29-9-6-18(7-10-29)8-11-31/h3-5,12-15,18,31H,6-11,16H2,1-2H3,(H,28,32). The molecule has 1 aliphatic rings. The molecule has 1 saturated heterocycles. The first-order valence-corrected chi connectivity index (χ1v) is 11.6. The summed E-state index contributed by atoms with van der Waals surface area (Å²) in [5, 5.41) is 16.9. The molecule has 0 radical (unpaired) electrons. The number of H-pyrrole nitrogens is 1. The molecule has 0 atom stereocenters. The lowest BCUT2D eigenvalue weighted by Gasteiger charge is -2.31. The third-order valence-corrected chi connectivity index (χ3v) is 6.92. The van der Waals surface area contributed by atoms with E-state index in [1.165, 1.54) is 5.56 Å². The molecular weight excluding hydrogens is 416 g/mol. The summed E-state index contributed by atoms with van der Waals surface area (Å²) in [7, 11) is 1.68. The van der Waals surface area contributed by atoms with Crippen molar-refractivity contribution >= 4 is 16.6 Å². The van der Waals surface area contributed by atoms with Crippen molar-refractivity contribution in [1.29, 1.82) is 0 Å². The van der Waals surface area contributed by atoms with Gasteiger partial charge in [-0.05, 0) is 86.1 Å². The van der Waals surface area contributed by atoms with Crippen molar-refractivity contribution in [3.63, 3.8) is 0 Å². The fraction of sp³-hybridized carbons (Fsp3) is 0.385. The Morgan fingerprint density at radius 1 is 1.18 bits per heavy atom. The summed E-state index contributed by atoms with van der Waals surface area (Å²) < 4.78 is 7.39. The highest BCUT2D eigenvalue weighted by molar-refractivity contribution is 5.92. The third-order valence-electron chi connectivity index (χ3n) is 6.92. The van der Waals surface area contributed by atoms with E-state index in [2.05, 4.69) is 39.4 Å². The smallest absolute Gasteiger partial charge is 0.348 e. The number of aryl methyl sites for hydroxylation is 1. The van der Waals surface area contributed by atoms with E-state index in [0.29, 0.717) is 11.6 Å². The summed E-state index contributed by atoms with van der Waals surface area (Å²) in [4.78, 5) is 14.9. The van der Waals surface area contributed by atoms with Gasteiger partial charge in [-0.2, -0.15) is 5.10 Å². The number of hydrogen-bond donors (Lipinski definition) is 2. The summed E-state index contributed by atoms with van der Waals surface area (Å²) in [5.74, 6) is 1.43. The van der Waals surface area contributed by atoms with Crippen LogP contribution in [-0.2, 0) is 6.54 Å². The van der Waals surface area contributed by atoms with Crippen LogP contribution in [-0.4, -0.2) is 51.4 Å². The molecule has 1 aliphatic heterocycles. The number of nitrogens with one attached hydrogen (secondary N) is 1. The second-order valence-electron chi connectivity index (χ2n) is 9.05. The number of ether oxygens (including phenoxy) is 1. The second-order valence-corrected chi connectivity index (χ2v) is 9.05. The lowest BCUT2D eigenvalue weighted by atomic mass is 9.93. The maximum absolute atomic E-state index is 12.4. The van der Waals surface area contributed by atoms with E-state index in [9.17, 15) is 9.90 Å². The van der Waals surface area contributed by atoms with Crippen LogP contribution in [0.1, 0.15) is 30.4 Å². The lowest BCUT2D eigenvalue weighted by molar-refractivity contribution is 0.153. The number of piperidine rings is 1. The number of nitrogens with zero attached hydrogens (tertiary/aromatic N) is 3. The molecule has 0 saturated carbocycles. The van der Waals surface area contributed by atoms with Gasteiger partial charge in [0.15, 0.2) is 5.65 Å². The molecule has 7 heteroatoms. The average Bonchev–Trinajstić information content (AvgIpc) is 3.20. The number of hydrogen-bond acceptors (Lipinski definition) is 5. The lowest BCUT2D eigenvalue weighted by Crippen LogP contribution is -2.33. The summed E-state index contributed by atoms with van der Waals surface area (Å²) in [6.07, 6.45) is 3.21. The first-order chi connectivity index (χ1) is 16.1. The van der Waals surface area contributed by atoms with Crippen molar-refractivity contribution in [2.24, 2.45) is 5.92 Å². The fourth-order valence-corrected chi connectivity index (χ4v) is 5.09. The number of methoxy groups -OCH3 is 1. The van der Waals surface area contributed by atoms with Crippen LogP contribution in [0, 0.1) is 12.8 Å².